The van der Waals surface area contributed by atoms with E-state index in [2.05, 4.69) is 9.71 Å². The first-order chi connectivity index (χ1) is 9.93. The van der Waals surface area contributed by atoms with Crippen molar-refractivity contribution >= 4 is 20.9 Å². The van der Waals surface area contributed by atoms with E-state index in [1.165, 1.54) is 12.1 Å². The monoisotopic (exact) mass is 312 g/mol. The van der Waals surface area contributed by atoms with Gasteiger partial charge < -0.3 is 4.98 Å². The van der Waals surface area contributed by atoms with Gasteiger partial charge in [-0.25, -0.2) is 17.5 Å². The number of rotatable bonds is 7. The van der Waals surface area contributed by atoms with Gasteiger partial charge in [0.2, 0.25) is 10.0 Å². The Labute approximate surface area is 124 Å². The van der Waals surface area contributed by atoms with Crippen molar-refractivity contribution in [3.05, 3.63) is 35.3 Å². The molecular formula is C15H21FN2O2S. The van der Waals surface area contributed by atoms with E-state index in [4.69, 9.17) is 0 Å². The van der Waals surface area contributed by atoms with Crippen molar-refractivity contribution in [2.45, 2.75) is 33.1 Å². The Kier molecular flexibility index (Phi) is 5.00. The van der Waals surface area contributed by atoms with Crippen LogP contribution in [0.15, 0.2) is 18.2 Å². The topological polar surface area (TPSA) is 62.0 Å². The van der Waals surface area contributed by atoms with E-state index in [9.17, 15) is 12.8 Å². The van der Waals surface area contributed by atoms with Crippen molar-refractivity contribution in [1.29, 1.82) is 0 Å². The van der Waals surface area contributed by atoms with Crippen LogP contribution in [-0.4, -0.2) is 25.7 Å². The van der Waals surface area contributed by atoms with Gasteiger partial charge in [0, 0.05) is 23.1 Å². The Morgan fingerprint density at radius 1 is 1.33 bits per heavy atom. The lowest BCUT2D eigenvalue weighted by Crippen LogP contribution is -2.28. The summed E-state index contributed by atoms with van der Waals surface area (Å²) in [4.78, 5) is 3.19. The molecule has 0 unspecified atom stereocenters. The highest BCUT2D eigenvalue weighted by atomic mass is 32.2. The Bertz CT molecular complexity index is 723. The van der Waals surface area contributed by atoms with Gasteiger partial charge in [-0.05, 0) is 43.5 Å². The van der Waals surface area contributed by atoms with Crippen LogP contribution in [0.2, 0.25) is 0 Å². The number of H-pyrrole nitrogens is 1. The predicted molar refractivity (Wildman–Crippen MR) is 83.4 cm³/mol. The van der Waals surface area contributed by atoms with Crippen LogP contribution in [0.5, 0.6) is 0 Å². The normalized spacial score (nSPS) is 12.1. The zero-order chi connectivity index (χ0) is 15.5. The number of hydrogen-bond acceptors (Lipinski definition) is 2. The Balaban J connectivity index is 2.07. The van der Waals surface area contributed by atoms with Gasteiger partial charge in [0.1, 0.15) is 5.82 Å². The molecule has 6 heteroatoms. The van der Waals surface area contributed by atoms with Crippen molar-refractivity contribution in [1.82, 2.24) is 9.71 Å². The molecule has 0 atom stereocenters. The maximum Gasteiger partial charge on any atom is 0.211 e. The number of unbranched alkanes of at least 4 members (excludes halogenated alkanes) is 1. The quantitative estimate of drug-likeness (QED) is 0.826. The minimum Gasteiger partial charge on any atom is -0.358 e. The number of fused-ring (bicyclic) bond motifs is 1. The van der Waals surface area contributed by atoms with E-state index in [-0.39, 0.29) is 11.6 Å². The van der Waals surface area contributed by atoms with Gasteiger partial charge in [0.25, 0.3) is 0 Å². The second-order valence-corrected chi connectivity index (χ2v) is 7.16. The molecule has 116 valence electrons. The standard InChI is InChI=1S/C15H21FN2O2S/c1-3-4-9-21(19,20)17-8-7-13-11(2)18-15-6-5-12(16)10-14(13)15/h5-6,10,17-18H,3-4,7-9H2,1-2H3. The van der Waals surface area contributed by atoms with Crippen LogP contribution in [-0.2, 0) is 16.4 Å². The van der Waals surface area contributed by atoms with Crippen molar-refractivity contribution in [2.24, 2.45) is 0 Å². The predicted octanol–water partition coefficient (Wildman–Crippen LogP) is 2.88. The van der Waals surface area contributed by atoms with Crippen LogP contribution in [0.3, 0.4) is 0 Å². The van der Waals surface area contributed by atoms with E-state index >= 15 is 0 Å². The number of aromatic amines is 1. The minimum absolute atomic E-state index is 0.158. The van der Waals surface area contributed by atoms with Gasteiger partial charge in [-0.1, -0.05) is 13.3 Å². The van der Waals surface area contributed by atoms with E-state index in [1.807, 2.05) is 13.8 Å². The van der Waals surface area contributed by atoms with Crippen LogP contribution in [0.1, 0.15) is 31.0 Å². The van der Waals surface area contributed by atoms with Gasteiger partial charge >= 0.3 is 0 Å². The molecule has 1 aromatic heterocycles. The number of aromatic nitrogens is 1. The van der Waals surface area contributed by atoms with Crippen molar-refractivity contribution in [3.8, 4) is 0 Å². The van der Waals surface area contributed by atoms with Crippen LogP contribution in [0.25, 0.3) is 10.9 Å². The SMILES string of the molecule is CCCCS(=O)(=O)NCCc1c(C)[nH]c2ccc(F)cc12. The molecule has 0 spiro atoms. The molecule has 0 saturated heterocycles. The molecule has 0 saturated carbocycles. The lowest BCUT2D eigenvalue weighted by atomic mass is 10.1. The summed E-state index contributed by atoms with van der Waals surface area (Å²) in [5.41, 5.74) is 2.78. The van der Waals surface area contributed by atoms with Crippen molar-refractivity contribution in [2.75, 3.05) is 12.3 Å². The number of halogens is 1. The highest BCUT2D eigenvalue weighted by Gasteiger charge is 2.12. The van der Waals surface area contributed by atoms with Gasteiger partial charge in [0.05, 0.1) is 5.75 Å². The van der Waals surface area contributed by atoms with E-state index in [0.717, 1.165) is 28.6 Å². The summed E-state index contributed by atoms with van der Waals surface area (Å²) in [6.07, 6.45) is 2.05. The van der Waals surface area contributed by atoms with Crippen LogP contribution in [0, 0.1) is 12.7 Å². The van der Waals surface area contributed by atoms with Crippen LogP contribution < -0.4 is 4.72 Å². The van der Waals surface area contributed by atoms with Gasteiger partial charge in [-0.3, -0.25) is 0 Å². The molecule has 1 heterocycles. The first-order valence-corrected chi connectivity index (χ1v) is 8.82. The van der Waals surface area contributed by atoms with Gasteiger partial charge in [0.15, 0.2) is 0 Å². The lowest BCUT2D eigenvalue weighted by molar-refractivity contribution is 0.578. The Morgan fingerprint density at radius 3 is 2.81 bits per heavy atom. The number of hydrogen-bond donors (Lipinski definition) is 2. The zero-order valence-corrected chi connectivity index (χ0v) is 13.2. The molecule has 21 heavy (non-hydrogen) atoms. The fourth-order valence-electron chi connectivity index (χ4n) is 2.41. The third-order valence-corrected chi connectivity index (χ3v) is 5.02. The smallest absolute Gasteiger partial charge is 0.211 e. The van der Waals surface area contributed by atoms with E-state index < -0.39 is 10.0 Å². The molecule has 1 aromatic carbocycles. The highest BCUT2D eigenvalue weighted by molar-refractivity contribution is 7.89. The molecule has 2 aromatic rings. The largest absolute Gasteiger partial charge is 0.358 e. The number of sulfonamides is 1. The summed E-state index contributed by atoms with van der Waals surface area (Å²) < 4.78 is 39.4. The summed E-state index contributed by atoms with van der Waals surface area (Å²) in [7, 11) is -3.21. The number of benzene rings is 1. The fraction of sp³-hybridized carbons (Fsp3) is 0.467. The van der Waals surface area contributed by atoms with Crippen molar-refractivity contribution in [3.63, 3.8) is 0 Å². The molecular weight excluding hydrogens is 291 g/mol. The highest BCUT2D eigenvalue weighted by Crippen LogP contribution is 2.23. The molecule has 0 amide bonds. The van der Waals surface area contributed by atoms with Gasteiger partial charge in [-0.2, -0.15) is 0 Å². The Hall–Kier alpha value is -1.40. The Morgan fingerprint density at radius 2 is 2.10 bits per heavy atom. The first-order valence-electron chi connectivity index (χ1n) is 7.17. The van der Waals surface area contributed by atoms with E-state index in [0.29, 0.717) is 19.4 Å². The molecule has 0 bridgehead atoms. The van der Waals surface area contributed by atoms with E-state index in [1.54, 1.807) is 6.07 Å². The molecule has 0 fully saturated rings. The molecule has 0 aliphatic rings. The van der Waals surface area contributed by atoms with Gasteiger partial charge in [-0.15, -0.1) is 0 Å². The lowest BCUT2D eigenvalue weighted by Gasteiger charge is -2.06. The molecule has 0 radical (unpaired) electrons. The molecule has 4 nitrogen and oxygen atoms in total. The summed E-state index contributed by atoms with van der Waals surface area (Å²) >= 11 is 0. The number of nitrogens with one attached hydrogen (secondary N) is 2. The summed E-state index contributed by atoms with van der Waals surface area (Å²) in [5, 5.41) is 0.820. The summed E-state index contributed by atoms with van der Waals surface area (Å²) in [5.74, 6) is -0.128. The minimum atomic E-state index is -3.21. The third kappa shape index (κ3) is 4.04. The average Bonchev–Trinajstić information content (AvgIpc) is 2.73. The average molecular weight is 312 g/mol. The molecule has 0 aliphatic heterocycles. The summed E-state index contributed by atoms with van der Waals surface area (Å²) in [6, 6.07) is 4.60. The summed E-state index contributed by atoms with van der Waals surface area (Å²) in [6.45, 7) is 4.20. The van der Waals surface area contributed by atoms with Crippen molar-refractivity contribution < 1.29 is 12.8 Å². The molecule has 0 aliphatic carbocycles. The number of aryl methyl sites for hydroxylation is 1. The van der Waals surface area contributed by atoms with Crippen LogP contribution >= 0.6 is 0 Å². The first kappa shape index (κ1) is 16.0. The molecule has 2 rings (SSSR count). The second-order valence-electron chi connectivity index (χ2n) is 5.24. The van der Waals surface area contributed by atoms with Crippen LogP contribution in [0.4, 0.5) is 4.39 Å². The fourth-order valence-corrected chi connectivity index (χ4v) is 3.64. The maximum absolute atomic E-state index is 13.4. The second kappa shape index (κ2) is 6.58. The zero-order valence-electron chi connectivity index (χ0n) is 12.4. The third-order valence-electron chi connectivity index (χ3n) is 3.55. The molecule has 2 N–H and O–H groups in total. The maximum atomic E-state index is 13.4.